The zero-order valence-corrected chi connectivity index (χ0v) is 23.4. The maximum absolute atomic E-state index is 15.3. The van der Waals surface area contributed by atoms with Crippen molar-refractivity contribution in [3.8, 4) is 11.8 Å². The zero-order chi connectivity index (χ0) is 26.6. The van der Waals surface area contributed by atoms with Crippen molar-refractivity contribution in [1.82, 2.24) is 0 Å². The maximum Gasteiger partial charge on any atom is 0.134 e. The molecule has 200 valence electrons. The second-order valence-electron chi connectivity index (χ2n) is 11.4. The molecule has 0 heterocycles. The molecule has 1 heteroatoms. The van der Waals surface area contributed by atoms with E-state index >= 15 is 4.39 Å². The van der Waals surface area contributed by atoms with Crippen LogP contribution in [0.3, 0.4) is 0 Å². The van der Waals surface area contributed by atoms with Crippen LogP contribution in [0, 0.1) is 29.5 Å². The van der Waals surface area contributed by atoms with Crippen molar-refractivity contribution < 1.29 is 4.39 Å². The van der Waals surface area contributed by atoms with Crippen LogP contribution < -0.4 is 0 Å². The number of halogens is 1. The number of allylic oxidation sites excluding steroid dienone is 1. The lowest BCUT2D eigenvalue weighted by molar-refractivity contribution is 0.254. The molecule has 0 aliphatic heterocycles. The Morgan fingerprint density at radius 2 is 1.47 bits per heavy atom. The van der Waals surface area contributed by atoms with E-state index in [0.29, 0.717) is 5.39 Å². The summed E-state index contributed by atoms with van der Waals surface area (Å²) in [4.78, 5) is 0. The van der Waals surface area contributed by atoms with E-state index in [1.807, 2.05) is 30.3 Å². The normalized spacial score (nSPS) is 17.2. The van der Waals surface area contributed by atoms with E-state index in [2.05, 4.69) is 55.7 Å². The Morgan fingerprint density at radius 1 is 0.789 bits per heavy atom. The van der Waals surface area contributed by atoms with Gasteiger partial charge in [-0.05, 0) is 91.1 Å². The Hall–Kier alpha value is -2.85. The minimum atomic E-state index is -0.0491. The SMILES string of the molecule is C=CCCC1CCC(CCc2ccc3cc(C#Cc4ccc(CCCCCCC)cc4)ccc3c2F)CC1. The van der Waals surface area contributed by atoms with Crippen LogP contribution in [0.5, 0.6) is 0 Å². The number of fused-ring (bicyclic) bond motifs is 1. The van der Waals surface area contributed by atoms with Gasteiger partial charge in [0.1, 0.15) is 5.82 Å². The lowest BCUT2D eigenvalue weighted by Gasteiger charge is -2.28. The fraction of sp³-hybridized carbons (Fsp3) is 0.459. The molecule has 0 atom stereocenters. The van der Waals surface area contributed by atoms with E-state index in [0.717, 1.165) is 59.6 Å². The van der Waals surface area contributed by atoms with Gasteiger partial charge in [-0.1, -0.05) is 107 Å². The van der Waals surface area contributed by atoms with E-state index in [1.54, 1.807) is 0 Å². The maximum atomic E-state index is 15.3. The molecule has 1 fully saturated rings. The highest BCUT2D eigenvalue weighted by atomic mass is 19.1. The Balaban J connectivity index is 1.31. The minimum Gasteiger partial charge on any atom is -0.206 e. The number of unbranched alkanes of at least 4 members (excludes halogenated alkanes) is 4. The Kier molecular flexibility index (Phi) is 11.1. The molecule has 1 aliphatic rings. The summed E-state index contributed by atoms with van der Waals surface area (Å²) in [6.07, 6.45) is 19.3. The first-order valence-corrected chi connectivity index (χ1v) is 15.1. The third-order valence-corrected chi connectivity index (χ3v) is 8.48. The highest BCUT2D eigenvalue weighted by molar-refractivity contribution is 5.85. The third-order valence-electron chi connectivity index (χ3n) is 8.48. The van der Waals surface area contributed by atoms with Crippen molar-refractivity contribution in [2.24, 2.45) is 11.8 Å². The van der Waals surface area contributed by atoms with Crippen LogP contribution in [0.25, 0.3) is 10.8 Å². The summed E-state index contributed by atoms with van der Waals surface area (Å²) in [5, 5.41) is 1.64. The molecule has 0 radical (unpaired) electrons. The quantitative estimate of drug-likeness (QED) is 0.130. The molecule has 4 rings (SSSR count). The number of hydrogen-bond donors (Lipinski definition) is 0. The molecule has 1 saturated carbocycles. The van der Waals surface area contributed by atoms with Gasteiger partial charge in [-0.2, -0.15) is 0 Å². The van der Waals surface area contributed by atoms with Crippen LogP contribution in [-0.2, 0) is 12.8 Å². The number of hydrogen-bond acceptors (Lipinski definition) is 0. The Bertz CT molecular complexity index is 1220. The van der Waals surface area contributed by atoms with E-state index in [4.69, 9.17) is 0 Å². The topological polar surface area (TPSA) is 0 Å². The number of aryl methyl sites for hydroxylation is 2. The molecule has 0 aromatic heterocycles. The average molecular weight is 509 g/mol. The zero-order valence-electron chi connectivity index (χ0n) is 23.4. The van der Waals surface area contributed by atoms with Crippen LogP contribution in [0.4, 0.5) is 4.39 Å². The van der Waals surface area contributed by atoms with Crippen molar-refractivity contribution in [2.45, 2.75) is 96.8 Å². The van der Waals surface area contributed by atoms with Crippen LogP contribution in [-0.4, -0.2) is 0 Å². The minimum absolute atomic E-state index is 0.0491. The smallest absolute Gasteiger partial charge is 0.134 e. The molecular weight excluding hydrogens is 463 g/mol. The molecule has 0 saturated heterocycles. The summed E-state index contributed by atoms with van der Waals surface area (Å²) < 4.78 is 15.3. The molecule has 3 aromatic rings. The fourth-order valence-electron chi connectivity index (χ4n) is 5.96. The molecule has 38 heavy (non-hydrogen) atoms. The van der Waals surface area contributed by atoms with Crippen LogP contribution in [0.2, 0.25) is 0 Å². The van der Waals surface area contributed by atoms with Crippen LogP contribution in [0.15, 0.2) is 67.3 Å². The molecule has 3 aromatic carbocycles. The highest BCUT2D eigenvalue weighted by Crippen LogP contribution is 2.34. The van der Waals surface area contributed by atoms with Crippen LogP contribution in [0.1, 0.15) is 106 Å². The average Bonchev–Trinajstić information content (AvgIpc) is 2.95. The second-order valence-corrected chi connectivity index (χ2v) is 11.4. The van der Waals surface area contributed by atoms with Crippen molar-refractivity contribution in [2.75, 3.05) is 0 Å². The van der Waals surface area contributed by atoms with E-state index in [-0.39, 0.29) is 5.82 Å². The van der Waals surface area contributed by atoms with Crippen molar-refractivity contribution in [3.05, 3.63) is 95.3 Å². The van der Waals surface area contributed by atoms with Gasteiger partial charge in [0.05, 0.1) is 0 Å². The Morgan fingerprint density at radius 3 is 2.21 bits per heavy atom. The van der Waals surface area contributed by atoms with E-state index < -0.39 is 0 Å². The molecule has 0 nitrogen and oxygen atoms in total. The first-order valence-electron chi connectivity index (χ1n) is 15.1. The van der Waals surface area contributed by atoms with E-state index in [1.165, 1.54) is 69.8 Å². The number of rotatable bonds is 12. The van der Waals surface area contributed by atoms with Gasteiger partial charge in [-0.3, -0.25) is 0 Å². The van der Waals surface area contributed by atoms with E-state index in [9.17, 15) is 0 Å². The van der Waals surface area contributed by atoms with Gasteiger partial charge in [0.2, 0.25) is 0 Å². The molecule has 0 N–H and O–H groups in total. The van der Waals surface area contributed by atoms with Gasteiger partial charge in [0.25, 0.3) is 0 Å². The summed E-state index contributed by atoms with van der Waals surface area (Å²) in [6.45, 7) is 6.11. The molecule has 0 unspecified atom stereocenters. The largest absolute Gasteiger partial charge is 0.206 e. The van der Waals surface area contributed by atoms with Gasteiger partial charge in [0, 0.05) is 16.5 Å². The van der Waals surface area contributed by atoms with Gasteiger partial charge in [0.15, 0.2) is 0 Å². The summed E-state index contributed by atoms with van der Waals surface area (Å²) in [7, 11) is 0. The van der Waals surface area contributed by atoms with Gasteiger partial charge in [-0.15, -0.1) is 6.58 Å². The van der Waals surface area contributed by atoms with Crippen LogP contribution >= 0.6 is 0 Å². The Labute approximate surface area is 230 Å². The lowest BCUT2D eigenvalue weighted by Crippen LogP contribution is -2.15. The van der Waals surface area contributed by atoms with Gasteiger partial charge >= 0.3 is 0 Å². The summed E-state index contributed by atoms with van der Waals surface area (Å²) in [6, 6.07) is 18.6. The molecular formula is C37H45F. The predicted molar refractivity (Wildman–Crippen MR) is 162 cm³/mol. The van der Waals surface area contributed by atoms with Crippen molar-refractivity contribution in [1.29, 1.82) is 0 Å². The van der Waals surface area contributed by atoms with Gasteiger partial charge in [-0.25, -0.2) is 4.39 Å². The predicted octanol–water partition coefficient (Wildman–Crippen LogP) is 10.6. The standard InChI is InChI=1S/C37H45F/c1-3-5-7-8-9-11-30-14-16-31(17-15-30)20-21-33-23-27-36-35(28-33)26-25-34(37(36)38)24-22-32-18-12-29(13-19-32)10-6-4-2/h4,14-17,23,25-29,32H,2-3,5-13,18-19,22,24H2,1H3. The molecule has 0 bridgehead atoms. The molecule has 0 spiro atoms. The molecule has 0 amide bonds. The first-order chi connectivity index (χ1) is 18.7. The fourth-order valence-corrected chi connectivity index (χ4v) is 5.96. The van der Waals surface area contributed by atoms with Crippen molar-refractivity contribution in [3.63, 3.8) is 0 Å². The monoisotopic (exact) mass is 508 g/mol. The lowest BCUT2D eigenvalue weighted by atomic mass is 9.78. The first kappa shape index (κ1) is 28.2. The molecule has 1 aliphatic carbocycles. The van der Waals surface area contributed by atoms with Crippen molar-refractivity contribution >= 4 is 10.8 Å². The second kappa shape index (κ2) is 14.9. The third kappa shape index (κ3) is 8.33. The summed E-state index contributed by atoms with van der Waals surface area (Å²) in [5.41, 5.74) is 4.20. The summed E-state index contributed by atoms with van der Waals surface area (Å²) in [5.74, 6) is 8.12. The van der Waals surface area contributed by atoms with Gasteiger partial charge < -0.3 is 0 Å². The highest BCUT2D eigenvalue weighted by Gasteiger charge is 2.21. The summed E-state index contributed by atoms with van der Waals surface area (Å²) >= 11 is 0. The number of benzene rings is 3.